The van der Waals surface area contributed by atoms with E-state index in [-0.39, 0.29) is 108 Å². The van der Waals surface area contributed by atoms with Gasteiger partial charge in [-0.2, -0.15) is 0 Å². The monoisotopic (exact) mass is 1930 g/mol. The molecule has 0 saturated carbocycles. The number of unbranched alkanes of at least 4 members (excludes halogenated alkanes) is 2. The molecule has 138 heavy (non-hydrogen) atoms. The summed E-state index contributed by atoms with van der Waals surface area (Å²) in [6.07, 6.45) is 2.98. The molecule has 15 atom stereocenters. The summed E-state index contributed by atoms with van der Waals surface area (Å²) in [5.74, 6) is -18.3. The fourth-order valence-corrected chi connectivity index (χ4v) is 18.7. The van der Waals surface area contributed by atoms with E-state index in [1.54, 1.807) is 56.6 Å². The Hall–Kier alpha value is -13.6. The second-order valence-corrected chi connectivity index (χ2v) is 37.2. The number of primary amides is 2. The average molecular weight is 1930 g/mol. The number of nitrogens with zero attached hydrogens (tertiary/aromatic N) is 9. The summed E-state index contributed by atoms with van der Waals surface area (Å²) < 4.78 is 1.25. The number of amides is 14. The lowest BCUT2D eigenvalue weighted by Crippen LogP contribution is -2.59. The lowest BCUT2D eigenvalue weighted by molar-refractivity contribution is -0.145. The van der Waals surface area contributed by atoms with Gasteiger partial charge < -0.3 is 105 Å². The van der Waals surface area contributed by atoms with E-state index in [2.05, 4.69) is 73.4 Å². The Bertz CT molecular complexity index is 5450. The number of H-pyrrole nitrogens is 1. The van der Waals surface area contributed by atoms with Gasteiger partial charge in [0.15, 0.2) is 23.4 Å². The predicted octanol–water partition coefficient (Wildman–Crippen LogP) is 0.780. The zero-order valence-electron chi connectivity index (χ0n) is 78.8. The number of fused-ring (bicyclic) bond motifs is 5. The van der Waals surface area contributed by atoms with Gasteiger partial charge in [0.1, 0.15) is 60.1 Å². The Morgan fingerprint density at radius 3 is 1.95 bits per heavy atom. The Balaban J connectivity index is 1.04. The Kier molecular flexibility index (Phi) is 39.4. The van der Waals surface area contributed by atoms with E-state index in [9.17, 15) is 48.9 Å². The second kappa shape index (κ2) is 51.0. The first kappa shape index (κ1) is 106. The standard InChI is InChI=1S/C95H129N23O19S/c1-8-10-26-74-78(122)42-59(22-17-34-101-95(98)99)85(128)110-73(87(130)103-48-81(97)125)51-138-52-82(126)104-70(39-55-29-31-62(120)32-30-55)91(134)114(6)54(5)84(127)107-71(45-80(96)124)92(135)116-36-18-28-75(116)79(123)43-60(38-56-33-35-100-46-56)86(129)108-69(37-53(3)4)93(136)117-49-63(121)44-77(117)90(133)106-68(41-61-47-102-66-25-15-14-24-65(61)66)88(131)109-72(50-119)89(132)105-67(40-58-21-16-20-57-19-12-13-23-64(57)58)83-111-112-113-118(83)76(27-11-9-2)94(137)115(74)7/h12-16,19-21,23-25,29-32,35,46-47,53-54,59-60,63,67-77,102,119-121H,8-11,17-18,22,26-28,33-34,36-45,48-52H2,1-7H3,(H2,96,124)(H2,97,125)(H,103,130)(H,104,126)(H,105,132)(H,106,133)(H,107,127)(H,108,129)(H,109,131)(H,110,128)(H4,98,99,101)/t54-,59+,60+,63+,67-,68-,69-,70-,71-,72-,73-,74-,75?,76-,77-/m0/s1. The van der Waals surface area contributed by atoms with Crippen molar-refractivity contribution in [1.82, 2.24) is 92.6 Å². The molecular weight excluding hydrogens is 1800 g/mol. The third kappa shape index (κ3) is 29.2. The van der Waals surface area contributed by atoms with Gasteiger partial charge in [0.2, 0.25) is 82.7 Å². The van der Waals surface area contributed by atoms with E-state index in [0.717, 1.165) is 32.3 Å². The highest BCUT2D eigenvalue weighted by Crippen LogP contribution is 2.33. The first-order valence-corrected chi connectivity index (χ1v) is 48.0. The van der Waals surface area contributed by atoms with Crippen molar-refractivity contribution >= 4 is 140 Å². The molecule has 0 aliphatic carbocycles. The molecule has 43 heteroatoms. The molecule has 0 bridgehead atoms. The van der Waals surface area contributed by atoms with Crippen LogP contribution in [0.4, 0.5) is 0 Å². The van der Waals surface area contributed by atoms with Crippen LogP contribution in [0.3, 0.4) is 0 Å². The van der Waals surface area contributed by atoms with E-state index >= 15 is 43.2 Å². The number of nitrogens with one attached hydrogen (secondary N) is 11. The van der Waals surface area contributed by atoms with Crippen LogP contribution in [0.5, 0.6) is 5.75 Å². The van der Waals surface area contributed by atoms with E-state index in [1.807, 2.05) is 50.2 Å². The number of benzene rings is 4. The van der Waals surface area contributed by atoms with Gasteiger partial charge in [-0.3, -0.25) is 87.1 Å². The van der Waals surface area contributed by atoms with Crippen molar-refractivity contribution in [3.8, 4) is 5.75 Å². The number of para-hydroxylation sites is 1. The molecule has 2 fully saturated rings. The number of hydrogen-bond acceptors (Lipinski definition) is 25. The first-order chi connectivity index (χ1) is 65.9. The number of phenols is 1. The van der Waals surface area contributed by atoms with Gasteiger partial charge in [-0.15, -0.1) is 16.9 Å². The van der Waals surface area contributed by atoms with E-state index < -0.39 is 241 Å². The normalized spacial score (nSPS) is 24.8. The predicted molar refractivity (Wildman–Crippen MR) is 511 cm³/mol. The summed E-state index contributed by atoms with van der Waals surface area (Å²) in [7, 11) is 2.66. The number of likely N-dealkylation sites (N-methyl/N-ethyl adjacent to an activating group) is 2. The topological polar surface area (TPSA) is 629 Å². The van der Waals surface area contributed by atoms with Crippen LogP contribution in [-0.2, 0) is 96.0 Å². The van der Waals surface area contributed by atoms with E-state index in [4.69, 9.17) is 22.6 Å². The number of thioether (sulfide) groups is 1. The Morgan fingerprint density at radius 2 is 1.26 bits per heavy atom. The zero-order chi connectivity index (χ0) is 100. The molecule has 6 heterocycles. The van der Waals surface area contributed by atoms with Crippen molar-refractivity contribution in [2.75, 3.05) is 58.4 Å². The largest absolute Gasteiger partial charge is 0.508 e. The fourth-order valence-electron chi connectivity index (χ4n) is 17.8. The zero-order valence-corrected chi connectivity index (χ0v) is 79.6. The maximum atomic E-state index is 15.9. The number of guanidine groups is 1. The van der Waals surface area contributed by atoms with Gasteiger partial charge in [0, 0.05) is 126 Å². The number of phenolic OH excluding ortho intramolecular Hbond substituents is 1. The van der Waals surface area contributed by atoms with Gasteiger partial charge >= 0.3 is 0 Å². The number of rotatable bonds is 26. The third-order valence-corrected chi connectivity index (χ3v) is 26.4. The third-order valence-electron chi connectivity index (χ3n) is 25.4. The summed E-state index contributed by atoms with van der Waals surface area (Å²) in [6.45, 7) is 6.41. The average Bonchev–Trinajstić information content (AvgIpc) is 1.56. The van der Waals surface area contributed by atoms with Crippen molar-refractivity contribution < 1.29 is 92.0 Å². The molecule has 4 aliphatic heterocycles. The van der Waals surface area contributed by atoms with Crippen LogP contribution >= 0.6 is 11.8 Å². The molecule has 10 rings (SSSR count). The van der Waals surface area contributed by atoms with Crippen molar-refractivity contribution in [3.05, 3.63) is 131 Å². The summed E-state index contributed by atoms with van der Waals surface area (Å²) in [4.78, 5) is 249. The molecule has 42 nitrogen and oxygen atoms in total. The number of ketones is 2. The summed E-state index contributed by atoms with van der Waals surface area (Å²) in [5, 5.41) is 80.6. The lowest BCUT2D eigenvalue weighted by atomic mass is 9.89. The number of carbonyl (C=O) groups excluding carboxylic acids is 16. The molecule has 0 radical (unpaired) electrons. The number of aromatic nitrogens is 5. The van der Waals surface area contributed by atoms with Crippen LogP contribution in [0.25, 0.3) is 21.7 Å². The van der Waals surface area contributed by atoms with Crippen molar-refractivity contribution in [2.45, 2.75) is 242 Å². The van der Waals surface area contributed by atoms with Crippen LogP contribution in [0.2, 0.25) is 0 Å². The smallest absolute Gasteiger partial charge is 0.247 e. The van der Waals surface area contributed by atoms with Crippen LogP contribution in [-0.4, -0.2) is 291 Å². The van der Waals surface area contributed by atoms with Gasteiger partial charge in [0.05, 0.1) is 49.6 Å². The highest BCUT2D eigenvalue weighted by Gasteiger charge is 2.47. The minimum atomic E-state index is -1.82. The van der Waals surface area contributed by atoms with Crippen LogP contribution in [0, 0.1) is 23.2 Å². The minimum Gasteiger partial charge on any atom is -0.508 e. The number of carbonyl (C=O) groups is 16. The number of nitrogens with two attached hydrogens (primary N) is 3. The molecule has 2 aromatic heterocycles. The van der Waals surface area contributed by atoms with Crippen LogP contribution in [0.15, 0.2) is 114 Å². The number of tetrazole rings is 1. The van der Waals surface area contributed by atoms with Crippen molar-refractivity contribution in [3.63, 3.8) is 0 Å². The number of hydrogen-bond donors (Lipinski definition) is 17. The number of aliphatic hydroxyl groups excluding tert-OH is 2. The minimum absolute atomic E-state index is 0.0354. The van der Waals surface area contributed by atoms with Crippen LogP contribution < -0.4 is 65.1 Å². The fraction of sp³-hybridized carbons (Fsp3) is 0.526. The number of aromatic hydroxyl groups is 1. The van der Waals surface area contributed by atoms with E-state index in [1.165, 1.54) is 66.0 Å². The molecule has 6 aromatic rings. The number of allylic oxidation sites excluding steroid dienone is 1. The first-order valence-electron chi connectivity index (χ1n) is 46.8. The highest BCUT2D eigenvalue weighted by atomic mass is 32.2. The van der Waals surface area contributed by atoms with Gasteiger partial charge in [-0.1, -0.05) is 126 Å². The second-order valence-electron chi connectivity index (χ2n) is 36.1. The number of Topliss-reactive ketones (excluding diaryl/α,β-unsaturated/α-hetero) is 2. The lowest BCUT2D eigenvalue weighted by Gasteiger charge is -2.32. The molecule has 1 unspecified atom stereocenters. The number of aliphatic imine (C=N–C) groups is 1. The maximum absolute atomic E-state index is 15.9. The van der Waals surface area contributed by atoms with Gasteiger partial charge in [-0.25, -0.2) is 4.68 Å². The highest BCUT2D eigenvalue weighted by molar-refractivity contribution is 8.00. The molecule has 4 aliphatic rings. The number of aromatic amines is 1. The van der Waals surface area contributed by atoms with Crippen molar-refractivity contribution in [2.24, 2.45) is 39.9 Å². The summed E-state index contributed by atoms with van der Waals surface area (Å²) in [5.41, 5.74) is 19.7. The number of aliphatic hydroxyl groups is 2. The maximum Gasteiger partial charge on any atom is 0.247 e. The Morgan fingerprint density at radius 1 is 0.616 bits per heavy atom. The van der Waals surface area contributed by atoms with Crippen LogP contribution in [0.1, 0.15) is 178 Å². The summed E-state index contributed by atoms with van der Waals surface area (Å²) in [6, 6.07) is 7.82. The van der Waals surface area contributed by atoms with Gasteiger partial charge in [-0.05, 0) is 126 Å². The molecule has 0 spiro atoms. The molecule has 2 saturated heterocycles. The quantitative estimate of drug-likeness (QED) is 0.0203. The van der Waals surface area contributed by atoms with Crippen molar-refractivity contribution in [1.29, 1.82) is 5.41 Å². The molecule has 14 amide bonds. The molecule has 4 aromatic carbocycles. The Labute approximate surface area is 803 Å². The SMILES string of the molecule is CCCC[C@H]1C(=O)C[C@@H](CCCNC(=N)N)C(=O)N[C@H](C(=O)NCC(N)=O)CSCC(=O)N[C@@H](Cc2ccc(O)cc2)C(=O)N(C)[C@@H](C)C(=O)N[C@@H](CC(N)=O)C(=O)N2CCCC2C(=O)C[C@@H](CC2=CN=CC2)C(=O)N[C@@H](CC(C)C)C(=O)N2C[C@H](O)C[C@H]2C(=O)N[C@@H](Cc2c[nH]c3ccccc23)C(=O)N[C@@H](CO)C(=O)N[C@@H](Cc2cccc3ccccc23)c2nnnn2[C@@H](CCCC)C(=O)N1C. The van der Waals surface area contributed by atoms with Gasteiger partial charge in [0.25, 0.3) is 0 Å². The van der Waals surface area contributed by atoms with E-state index in [0.29, 0.717) is 65.3 Å². The molecule has 20 N–H and O–H groups in total. The molecule has 744 valence electrons. The summed E-state index contributed by atoms with van der Waals surface area (Å²) >= 11 is 0.795. The molecular formula is C95H129N23O19S.